The van der Waals surface area contributed by atoms with E-state index in [0.717, 1.165) is 25.7 Å². The van der Waals surface area contributed by atoms with Gasteiger partial charge in [0.2, 0.25) is 5.88 Å². The molecule has 4 nitrogen and oxygen atoms in total. The zero-order valence-corrected chi connectivity index (χ0v) is 13.5. The Morgan fingerprint density at radius 1 is 1.33 bits per heavy atom. The van der Waals surface area contributed by atoms with Gasteiger partial charge in [0, 0.05) is 15.1 Å². The number of hydrogen-bond acceptors (Lipinski definition) is 3. The fourth-order valence-electron chi connectivity index (χ4n) is 2.86. The second-order valence-electron chi connectivity index (χ2n) is 5.26. The molecular weight excluding hydrogens is 356 g/mol. The number of aromatic hydroxyl groups is 1. The maximum absolute atomic E-state index is 12.3. The normalized spacial score (nSPS) is 15.5. The molecule has 1 fully saturated rings. The van der Waals surface area contributed by atoms with Crippen molar-refractivity contribution in [1.82, 2.24) is 9.97 Å². The largest absolute Gasteiger partial charge is 0.493 e. The number of rotatable bonds is 2. The molecule has 3 rings (SSSR count). The number of aromatic nitrogens is 2. The fraction of sp³-hybridized carbons (Fsp3) is 0.333. The molecule has 0 radical (unpaired) electrons. The maximum atomic E-state index is 12.3. The summed E-state index contributed by atoms with van der Waals surface area (Å²) in [6.45, 7) is 0. The van der Waals surface area contributed by atoms with E-state index in [1.165, 1.54) is 0 Å². The van der Waals surface area contributed by atoms with Gasteiger partial charge >= 0.3 is 0 Å². The SMILES string of the molecule is O=c1[nH]c(-c2ccc(Cl)cc2Br)nc(O)c1C1CCCC1. The molecule has 1 aromatic carbocycles. The van der Waals surface area contributed by atoms with Crippen molar-refractivity contribution >= 4 is 27.5 Å². The molecule has 110 valence electrons. The number of nitrogens with zero attached hydrogens (tertiary/aromatic N) is 1. The fourth-order valence-corrected chi connectivity index (χ4v) is 3.73. The lowest BCUT2D eigenvalue weighted by Crippen LogP contribution is -2.17. The van der Waals surface area contributed by atoms with Gasteiger partial charge in [-0.3, -0.25) is 4.79 Å². The molecule has 0 saturated heterocycles. The molecule has 1 aromatic heterocycles. The van der Waals surface area contributed by atoms with Gasteiger partial charge in [0.1, 0.15) is 5.82 Å². The summed E-state index contributed by atoms with van der Waals surface area (Å²) in [5, 5.41) is 10.8. The Kier molecular flexibility index (Phi) is 4.04. The van der Waals surface area contributed by atoms with Gasteiger partial charge in [-0.1, -0.05) is 24.4 Å². The van der Waals surface area contributed by atoms with E-state index in [2.05, 4.69) is 25.9 Å². The van der Waals surface area contributed by atoms with Crippen LogP contribution in [0.25, 0.3) is 11.4 Å². The van der Waals surface area contributed by atoms with Crippen LogP contribution in [-0.4, -0.2) is 15.1 Å². The first-order valence-electron chi connectivity index (χ1n) is 6.85. The molecule has 1 saturated carbocycles. The summed E-state index contributed by atoms with van der Waals surface area (Å²) in [5.74, 6) is 0.286. The number of aromatic amines is 1. The first-order valence-corrected chi connectivity index (χ1v) is 8.02. The molecule has 2 N–H and O–H groups in total. The van der Waals surface area contributed by atoms with Crippen molar-refractivity contribution in [3.63, 3.8) is 0 Å². The Morgan fingerprint density at radius 3 is 2.67 bits per heavy atom. The first kappa shape index (κ1) is 14.6. The van der Waals surface area contributed by atoms with Crippen molar-refractivity contribution < 1.29 is 5.11 Å². The van der Waals surface area contributed by atoms with Gasteiger partial charge in [-0.05, 0) is 52.9 Å². The lowest BCUT2D eigenvalue weighted by molar-refractivity contribution is 0.436. The van der Waals surface area contributed by atoms with Crippen LogP contribution >= 0.6 is 27.5 Å². The van der Waals surface area contributed by atoms with Gasteiger partial charge in [0.05, 0.1) is 5.56 Å². The number of halogens is 2. The van der Waals surface area contributed by atoms with Gasteiger partial charge in [0.25, 0.3) is 5.56 Å². The average Bonchev–Trinajstić information content (AvgIpc) is 2.91. The summed E-state index contributed by atoms with van der Waals surface area (Å²) >= 11 is 9.30. The van der Waals surface area contributed by atoms with E-state index in [1.54, 1.807) is 18.2 Å². The molecule has 1 heterocycles. The van der Waals surface area contributed by atoms with Crippen LogP contribution in [0.4, 0.5) is 0 Å². The minimum atomic E-state index is -0.258. The topological polar surface area (TPSA) is 66.0 Å². The van der Waals surface area contributed by atoms with E-state index in [0.29, 0.717) is 26.4 Å². The summed E-state index contributed by atoms with van der Waals surface area (Å²) in [7, 11) is 0. The third kappa shape index (κ3) is 2.85. The van der Waals surface area contributed by atoms with Crippen LogP contribution in [-0.2, 0) is 0 Å². The molecule has 0 spiro atoms. The standard InChI is InChI=1S/C15H14BrClN2O2/c16-11-7-9(17)5-6-10(11)13-18-14(20)12(15(21)19-13)8-3-1-2-4-8/h5-8H,1-4H2,(H2,18,19,20,21). The van der Waals surface area contributed by atoms with Crippen molar-refractivity contribution in [2.45, 2.75) is 31.6 Å². The third-order valence-electron chi connectivity index (χ3n) is 3.88. The Bertz CT molecular complexity index is 739. The summed E-state index contributed by atoms with van der Waals surface area (Å²) in [6, 6.07) is 5.18. The van der Waals surface area contributed by atoms with Gasteiger partial charge in [-0.2, -0.15) is 4.98 Å². The van der Waals surface area contributed by atoms with Crippen LogP contribution in [0, 0.1) is 0 Å². The van der Waals surface area contributed by atoms with E-state index in [4.69, 9.17) is 11.6 Å². The highest BCUT2D eigenvalue weighted by molar-refractivity contribution is 9.10. The molecule has 2 aromatic rings. The van der Waals surface area contributed by atoms with Gasteiger partial charge in [-0.15, -0.1) is 0 Å². The van der Waals surface area contributed by atoms with Crippen molar-refractivity contribution in [2.24, 2.45) is 0 Å². The Labute approximate surface area is 135 Å². The van der Waals surface area contributed by atoms with Crippen molar-refractivity contribution in [3.8, 4) is 17.3 Å². The maximum Gasteiger partial charge on any atom is 0.258 e. The average molecular weight is 370 g/mol. The number of benzene rings is 1. The minimum absolute atomic E-state index is 0.115. The van der Waals surface area contributed by atoms with Crippen LogP contribution in [0.2, 0.25) is 5.02 Å². The molecule has 6 heteroatoms. The van der Waals surface area contributed by atoms with Crippen LogP contribution in [0.15, 0.2) is 27.5 Å². The number of nitrogens with one attached hydrogen (secondary N) is 1. The zero-order chi connectivity index (χ0) is 15.0. The summed E-state index contributed by atoms with van der Waals surface area (Å²) in [6.07, 6.45) is 4.05. The smallest absolute Gasteiger partial charge is 0.258 e. The van der Waals surface area contributed by atoms with Crippen LogP contribution in [0.5, 0.6) is 5.88 Å². The molecule has 1 aliphatic rings. The lowest BCUT2D eigenvalue weighted by Gasteiger charge is -2.11. The molecule has 0 unspecified atom stereocenters. The van der Waals surface area contributed by atoms with Crippen molar-refractivity contribution in [3.05, 3.63) is 43.6 Å². The predicted molar refractivity (Wildman–Crippen MR) is 85.9 cm³/mol. The molecular formula is C15H14BrClN2O2. The number of hydrogen-bond donors (Lipinski definition) is 2. The Balaban J connectivity index is 2.07. The van der Waals surface area contributed by atoms with E-state index >= 15 is 0 Å². The Morgan fingerprint density at radius 2 is 2.05 bits per heavy atom. The Hall–Kier alpha value is -1.33. The third-order valence-corrected chi connectivity index (χ3v) is 4.78. The van der Waals surface area contributed by atoms with Crippen LogP contribution < -0.4 is 5.56 Å². The highest BCUT2D eigenvalue weighted by Crippen LogP contribution is 2.36. The quantitative estimate of drug-likeness (QED) is 0.833. The van der Waals surface area contributed by atoms with E-state index in [1.807, 2.05) is 0 Å². The molecule has 0 atom stereocenters. The van der Waals surface area contributed by atoms with Crippen LogP contribution in [0.1, 0.15) is 37.2 Å². The summed E-state index contributed by atoms with van der Waals surface area (Å²) in [4.78, 5) is 19.2. The molecule has 0 amide bonds. The molecule has 0 aliphatic heterocycles. The van der Waals surface area contributed by atoms with Crippen LogP contribution in [0.3, 0.4) is 0 Å². The summed E-state index contributed by atoms with van der Waals surface area (Å²) in [5.41, 5.74) is 0.845. The second kappa shape index (κ2) is 5.81. The van der Waals surface area contributed by atoms with E-state index < -0.39 is 0 Å². The highest BCUT2D eigenvalue weighted by Gasteiger charge is 2.25. The van der Waals surface area contributed by atoms with Gasteiger partial charge < -0.3 is 10.1 Å². The first-order chi connectivity index (χ1) is 10.1. The molecule has 0 bridgehead atoms. The second-order valence-corrected chi connectivity index (χ2v) is 6.55. The zero-order valence-electron chi connectivity index (χ0n) is 11.2. The monoisotopic (exact) mass is 368 g/mol. The van der Waals surface area contributed by atoms with Gasteiger partial charge in [-0.25, -0.2) is 0 Å². The van der Waals surface area contributed by atoms with Crippen molar-refractivity contribution in [1.29, 1.82) is 0 Å². The van der Waals surface area contributed by atoms with E-state index in [-0.39, 0.29) is 17.4 Å². The van der Waals surface area contributed by atoms with E-state index in [9.17, 15) is 9.90 Å². The molecule has 21 heavy (non-hydrogen) atoms. The number of H-pyrrole nitrogens is 1. The highest BCUT2D eigenvalue weighted by atomic mass is 79.9. The predicted octanol–water partition coefficient (Wildman–Crippen LogP) is 4.22. The minimum Gasteiger partial charge on any atom is -0.493 e. The van der Waals surface area contributed by atoms with Crippen molar-refractivity contribution in [2.75, 3.05) is 0 Å². The lowest BCUT2D eigenvalue weighted by atomic mass is 10.00. The summed E-state index contributed by atoms with van der Waals surface area (Å²) < 4.78 is 0.714. The van der Waals surface area contributed by atoms with Gasteiger partial charge in [0.15, 0.2) is 0 Å². The molecule has 1 aliphatic carbocycles.